The zero-order valence-electron chi connectivity index (χ0n) is 19.5. The summed E-state index contributed by atoms with van der Waals surface area (Å²) in [4.78, 5) is 23.2. The molecule has 2 unspecified atom stereocenters. The Hall–Kier alpha value is -3.94. The van der Waals surface area contributed by atoms with Gasteiger partial charge in [-0.3, -0.25) is 4.79 Å². The molecule has 3 aromatic rings. The van der Waals surface area contributed by atoms with Crippen LogP contribution in [0.2, 0.25) is 5.02 Å². The molecule has 1 aromatic heterocycles. The first-order valence-electron chi connectivity index (χ1n) is 11.2. The van der Waals surface area contributed by atoms with Gasteiger partial charge in [-0.1, -0.05) is 50.6 Å². The van der Waals surface area contributed by atoms with Crippen LogP contribution in [-0.4, -0.2) is 15.9 Å². The highest BCUT2D eigenvalue weighted by Crippen LogP contribution is 2.70. The maximum Gasteiger partial charge on any atom is 0.237 e. The summed E-state index contributed by atoms with van der Waals surface area (Å²) in [5.74, 6) is 0.802. The van der Waals surface area contributed by atoms with E-state index in [0.717, 1.165) is 0 Å². The van der Waals surface area contributed by atoms with E-state index in [9.17, 15) is 15.3 Å². The topological polar surface area (TPSA) is 112 Å². The van der Waals surface area contributed by atoms with Gasteiger partial charge in [-0.05, 0) is 48.6 Å². The Labute approximate surface area is 208 Å². The van der Waals surface area contributed by atoms with Crippen LogP contribution in [0.4, 0.5) is 5.69 Å². The van der Waals surface area contributed by atoms with Crippen LogP contribution in [0, 0.1) is 28.1 Å². The molecular weight excluding hydrogens is 462 g/mol. The molecule has 7 nitrogen and oxygen atoms in total. The van der Waals surface area contributed by atoms with Gasteiger partial charge in [0.2, 0.25) is 5.91 Å². The number of nitrogens with one attached hydrogen (secondary N) is 1. The van der Waals surface area contributed by atoms with Crippen LogP contribution in [0.1, 0.15) is 56.4 Å². The Kier molecular flexibility index (Phi) is 5.09. The molecule has 0 aliphatic heterocycles. The molecular formula is C27H22ClN5O2. The standard InChI is InChI=1S/C27H22ClN5O2/c1-25(2)26(3)11-12-27(25,23-22(26)31-19(14-29)20(15-30)32-23)24(34)33-18-13-16(28)9-10-21(18)35-17-7-5-4-6-8-17/h4-10,13H,11-12H2,1-3H3,(H,33,34). The molecule has 35 heavy (non-hydrogen) atoms. The number of carbonyl (C=O) groups is 1. The van der Waals surface area contributed by atoms with Crippen LogP contribution in [0.3, 0.4) is 0 Å². The summed E-state index contributed by atoms with van der Waals surface area (Å²) in [5, 5.41) is 22.6. The summed E-state index contributed by atoms with van der Waals surface area (Å²) in [7, 11) is 0. The van der Waals surface area contributed by atoms with Crippen LogP contribution < -0.4 is 10.1 Å². The number of hydrogen-bond donors (Lipinski definition) is 1. The third-order valence-electron chi connectivity index (χ3n) is 8.03. The van der Waals surface area contributed by atoms with Crippen LogP contribution in [0.5, 0.6) is 11.5 Å². The molecule has 5 rings (SSSR count). The van der Waals surface area contributed by atoms with E-state index in [1.165, 1.54) is 0 Å². The number of rotatable bonds is 4. The van der Waals surface area contributed by atoms with Gasteiger partial charge in [0.05, 0.1) is 22.5 Å². The van der Waals surface area contributed by atoms with Crippen LogP contribution in [-0.2, 0) is 15.6 Å². The van der Waals surface area contributed by atoms with Crippen molar-refractivity contribution in [2.45, 2.75) is 44.4 Å². The van der Waals surface area contributed by atoms with Crippen molar-refractivity contribution in [2.75, 3.05) is 5.32 Å². The Morgan fingerprint density at radius 3 is 2.31 bits per heavy atom. The van der Waals surface area contributed by atoms with Crippen molar-refractivity contribution >= 4 is 23.2 Å². The molecule has 0 spiro atoms. The summed E-state index contributed by atoms with van der Waals surface area (Å²) in [6.07, 6.45) is 1.24. The van der Waals surface area contributed by atoms with E-state index >= 15 is 0 Å². The molecule has 174 valence electrons. The highest BCUT2D eigenvalue weighted by Gasteiger charge is 2.73. The highest BCUT2D eigenvalue weighted by atomic mass is 35.5. The van der Waals surface area contributed by atoms with Crippen molar-refractivity contribution in [3.63, 3.8) is 0 Å². The fourth-order valence-corrected chi connectivity index (χ4v) is 5.85. The lowest BCUT2D eigenvalue weighted by Crippen LogP contribution is -2.48. The zero-order valence-corrected chi connectivity index (χ0v) is 20.3. The molecule has 2 atom stereocenters. The van der Waals surface area contributed by atoms with Gasteiger partial charge in [0, 0.05) is 10.4 Å². The van der Waals surface area contributed by atoms with Gasteiger partial charge in [-0.15, -0.1) is 0 Å². The third-order valence-corrected chi connectivity index (χ3v) is 8.26. The monoisotopic (exact) mass is 483 g/mol. The van der Waals surface area contributed by atoms with Crippen molar-refractivity contribution in [2.24, 2.45) is 5.41 Å². The van der Waals surface area contributed by atoms with Gasteiger partial charge in [0.15, 0.2) is 17.1 Å². The fraction of sp³-hybridized carbons (Fsp3) is 0.296. The minimum absolute atomic E-state index is 0.0141. The Morgan fingerprint density at radius 2 is 1.66 bits per heavy atom. The number of nitrogens with zero attached hydrogens (tertiary/aromatic N) is 4. The van der Waals surface area contributed by atoms with E-state index in [2.05, 4.69) is 22.2 Å². The lowest BCUT2D eigenvalue weighted by atomic mass is 9.63. The lowest BCUT2D eigenvalue weighted by Gasteiger charge is -2.39. The first-order chi connectivity index (χ1) is 16.7. The minimum atomic E-state index is -1.05. The van der Waals surface area contributed by atoms with E-state index in [1.54, 1.807) is 18.2 Å². The van der Waals surface area contributed by atoms with Gasteiger partial charge >= 0.3 is 0 Å². The van der Waals surface area contributed by atoms with Crippen molar-refractivity contribution in [3.05, 3.63) is 76.3 Å². The lowest BCUT2D eigenvalue weighted by molar-refractivity contribution is -0.125. The molecule has 8 heteroatoms. The zero-order chi connectivity index (χ0) is 25.0. The summed E-state index contributed by atoms with van der Waals surface area (Å²) in [6.45, 7) is 6.11. The smallest absolute Gasteiger partial charge is 0.237 e. The van der Waals surface area contributed by atoms with Gasteiger partial charge in [-0.2, -0.15) is 10.5 Å². The largest absolute Gasteiger partial charge is 0.455 e. The van der Waals surface area contributed by atoms with Crippen molar-refractivity contribution in [3.8, 4) is 23.6 Å². The summed E-state index contributed by atoms with van der Waals surface area (Å²) < 4.78 is 6.03. The maximum absolute atomic E-state index is 14.2. The molecule has 1 heterocycles. The van der Waals surface area contributed by atoms with E-state index in [4.69, 9.17) is 16.3 Å². The molecule has 2 bridgehead atoms. The number of anilines is 1. The Morgan fingerprint density at radius 1 is 1.00 bits per heavy atom. The molecule has 1 N–H and O–H groups in total. The average Bonchev–Trinajstić information content (AvgIpc) is 3.15. The first kappa shape index (κ1) is 22.8. The molecule has 0 saturated heterocycles. The maximum atomic E-state index is 14.2. The SMILES string of the molecule is CC12CCC(C(=O)Nc3cc(Cl)ccc3Oc3ccccc3)(c3nc(C#N)c(C#N)nc31)C2(C)C. The number of para-hydroxylation sites is 1. The number of carbonyl (C=O) groups excluding carboxylic acids is 1. The number of amides is 1. The molecule has 2 aliphatic rings. The molecule has 2 aliphatic carbocycles. The van der Waals surface area contributed by atoms with Gasteiger partial charge in [0.25, 0.3) is 0 Å². The second-order valence-corrected chi connectivity index (χ2v) is 10.2. The summed E-state index contributed by atoms with van der Waals surface area (Å²) in [6, 6.07) is 18.2. The highest BCUT2D eigenvalue weighted by molar-refractivity contribution is 6.31. The first-order valence-corrected chi connectivity index (χ1v) is 11.6. The van der Waals surface area contributed by atoms with E-state index in [-0.39, 0.29) is 17.3 Å². The number of halogens is 1. The van der Waals surface area contributed by atoms with E-state index < -0.39 is 16.2 Å². The van der Waals surface area contributed by atoms with Gasteiger partial charge in [0.1, 0.15) is 17.9 Å². The number of ether oxygens (including phenoxy) is 1. The predicted octanol–water partition coefficient (Wildman–Crippen LogP) is 5.63. The third kappa shape index (κ3) is 3.05. The van der Waals surface area contributed by atoms with Gasteiger partial charge < -0.3 is 10.1 Å². The Balaban J connectivity index is 1.61. The molecule has 0 radical (unpaired) electrons. The number of hydrogen-bond acceptors (Lipinski definition) is 6. The van der Waals surface area contributed by atoms with E-state index in [1.807, 2.05) is 56.3 Å². The molecule has 1 amide bonds. The average molecular weight is 484 g/mol. The van der Waals surface area contributed by atoms with Crippen LogP contribution in [0.15, 0.2) is 48.5 Å². The number of fused-ring (bicyclic) bond motifs is 5. The Bertz CT molecular complexity index is 1460. The van der Waals surface area contributed by atoms with Gasteiger partial charge in [-0.25, -0.2) is 9.97 Å². The van der Waals surface area contributed by atoms with Crippen molar-refractivity contribution in [1.29, 1.82) is 10.5 Å². The van der Waals surface area contributed by atoms with Crippen molar-refractivity contribution in [1.82, 2.24) is 9.97 Å². The molecule has 1 saturated carbocycles. The molecule has 1 fully saturated rings. The number of nitriles is 2. The quantitative estimate of drug-likeness (QED) is 0.514. The summed E-state index contributed by atoms with van der Waals surface area (Å²) >= 11 is 6.28. The second-order valence-electron chi connectivity index (χ2n) is 9.71. The van der Waals surface area contributed by atoms with E-state index in [0.29, 0.717) is 46.4 Å². The van der Waals surface area contributed by atoms with Crippen LogP contribution >= 0.6 is 11.6 Å². The summed E-state index contributed by atoms with van der Waals surface area (Å²) in [5.41, 5.74) is -0.670. The van der Waals surface area contributed by atoms with Crippen LogP contribution in [0.25, 0.3) is 0 Å². The predicted molar refractivity (Wildman–Crippen MR) is 130 cm³/mol. The molecule has 2 aromatic carbocycles. The number of benzene rings is 2. The van der Waals surface area contributed by atoms with Crippen molar-refractivity contribution < 1.29 is 9.53 Å². The fourth-order valence-electron chi connectivity index (χ4n) is 5.67. The normalized spacial score (nSPS) is 23.1. The minimum Gasteiger partial charge on any atom is -0.455 e. The second kappa shape index (κ2) is 7.80. The number of aromatic nitrogens is 2.